The first-order chi connectivity index (χ1) is 16.5. The molecule has 0 saturated carbocycles. The number of nitrogen functional groups attached to an aromatic ring is 1. The molecule has 2 heterocycles. The lowest BCUT2D eigenvalue weighted by molar-refractivity contribution is 0.291. The predicted molar refractivity (Wildman–Crippen MR) is 135 cm³/mol. The van der Waals surface area contributed by atoms with Gasteiger partial charge in [0.1, 0.15) is 17.9 Å². The van der Waals surface area contributed by atoms with Gasteiger partial charge in [0.15, 0.2) is 5.82 Å². The van der Waals surface area contributed by atoms with Crippen molar-refractivity contribution in [1.29, 1.82) is 0 Å². The molecule has 3 aromatic carbocycles. The van der Waals surface area contributed by atoms with Crippen LogP contribution in [0.5, 0.6) is 5.75 Å². The fraction of sp³-hybridized carbons (Fsp3) is 0.192. The Hall–Kier alpha value is -3.78. The Morgan fingerprint density at radius 1 is 1.06 bits per heavy atom. The van der Waals surface area contributed by atoms with E-state index in [1.54, 1.807) is 0 Å². The highest BCUT2D eigenvalue weighted by molar-refractivity contribution is 7.98. The van der Waals surface area contributed by atoms with E-state index in [1.807, 2.05) is 48.5 Å². The van der Waals surface area contributed by atoms with E-state index in [0.717, 1.165) is 27.5 Å². The summed E-state index contributed by atoms with van der Waals surface area (Å²) in [6.07, 6.45) is 0. The van der Waals surface area contributed by atoms with E-state index in [4.69, 9.17) is 15.0 Å². The first kappa shape index (κ1) is 22.0. The molecule has 0 aliphatic rings. The monoisotopic (exact) mass is 472 g/mol. The van der Waals surface area contributed by atoms with Gasteiger partial charge in [0.25, 0.3) is 0 Å². The molecule has 7 nitrogen and oxygen atoms in total. The zero-order valence-electron chi connectivity index (χ0n) is 18.9. The van der Waals surface area contributed by atoms with Gasteiger partial charge >= 0.3 is 5.63 Å². The molecular weight excluding hydrogens is 448 g/mol. The average molecular weight is 473 g/mol. The van der Waals surface area contributed by atoms with E-state index < -0.39 is 0 Å². The van der Waals surface area contributed by atoms with Crippen molar-refractivity contribution < 1.29 is 9.15 Å². The van der Waals surface area contributed by atoms with E-state index in [-0.39, 0.29) is 12.2 Å². The molecule has 5 rings (SSSR count). The molecule has 5 aromatic rings. The minimum absolute atomic E-state index is 0.202. The van der Waals surface area contributed by atoms with Crippen LogP contribution in [-0.4, -0.2) is 14.9 Å². The number of nitrogens with two attached hydrogens (primary N) is 1. The Labute approximate surface area is 200 Å². The molecule has 34 heavy (non-hydrogen) atoms. The zero-order chi connectivity index (χ0) is 23.7. The number of rotatable bonds is 7. The summed E-state index contributed by atoms with van der Waals surface area (Å²) in [5.74, 6) is 8.45. The second-order valence-corrected chi connectivity index (χ2v) is 9.26. The van der Waals surface area contributed by atoms with Crippen LogP contribution in [0.1, 0.15) is 36.7 Å². The smallest absolute Gasteiger partial charge is 0.336 e. The molecule has 0 atom stereocenters. The van der Waals surface area contributed by atoms with E-state index in [2.05, 4.69) is 36.2 Å². The molecule has 0 amide bonds. The van der Waals surface area contributed by atoms with Gasteiger partial charge in [-0.3, -0.25) is 0 Å². The third-order valence-electron chi connectivity index (χ3n) is 5.72. The Kier molecular flexibility index (Phi) is 5.98. The largest absolute Gasteiger partial charge is 0.486 e. The number of benzene rings is 3. The molecule has 2 aromatic heterocycles. The Balaban J connectivity index is 1.34. The molecule has 0 radical (unpaired) electrons. The van der Waals surface area contributed by atoms with E-state index in [1.165, 1.54) is 28.1 Å². The number of aromatic nitrogens is 3. The van der Waals surface area contributed by atoms with Crippen LogP contribution in [0, 0.1) is 0 Å². The summed E-state index contributed by atoms with van der Waals surface area (Å²) in [6.45, 7) is 4.51. The molecule has 2 N–H and O–H groups in total. The van der Waals surface area contributed by atoms with Crippen molar-refractivity contribution in [2.45, 2.75) is 37.3 Å². The molecular formula is C26H24N4O3S. The number of fused-ring (bicyclic) bond motifs is 3. The van der Waals surface area contributed by atoms with Gasteiger partial charge in [-0.15, -0.1) is 10.2 Å². The normalized spacial score (nSPS) is 11.5. The first-order valence-corrected chi connectivity index (χ1v) is 12.0. The number of thioether (sulfide) groups is 1. The van der Waals surface area contributed by atoms with E-state index in [9.17, 15) is 4.79 Å². The molecule has 0 saturated heterocycles. The lowest BCUT2D eigenvalue weighted by atomic mass is 10.0. The standard InChI is InChI=1S/C26H24N4O3S/c1-16(2)17-7-10-20(11-8-17)32-14-23-28-29-26(30(23)27)34-15-19-13-24(31)33-22-12-9-18-5-3-4-6-21(18)25(19)22/h3-13,16H,14-15,27H2,1-2H3. The lowest BCUT2D eigenvalue weighted by Gasteiger charge is -2.09. The van der Waals surface area contributed by atoms with E-state index in [0.29, 0.717) is 28.2 Å². The van der Waals surface area contributed by atoms with Crippen molar-refractivity contribution in [1.82, 2.24) is 14.9 Å². The summed E-state index contributed by atoms with van der Waals surface area (Å²) in [7, 11) is 0. The van der Waals surface area contributed by atoms with Gasteiger partial charge in [0, 0.05) is 17.2 Å². The lowest BCUT2D eigenvalue weighted by Crippen LogP contribution is -2.15. The summed E-state index contributed by atoms with van der Waals surface area (Å²) in [5.41, 5.74) is 2.29. The number of hydrogen-bond acceptors (Lipinski definition) is 7. The number of ether oxygens (including phenoxy) is 1. The minimum Gasteiger partial charge on any atom is -0.486 e. The van der Waals surface area contributed by atoms with Crippen molar-refractivity contribution in [2.24, 2.45) is 0 Å². The van der Waals surface area contributed by atoms with Crippen LogP contribution in [0.4, 0.5) is 0 Å². The molecule has 0 aliphatic carbocycles. The van der Waals surface area contributed by atoms with Gasteiger partial charge in [0.05, 0.1) is 0 Å². The SMILES string of the molecule is CC(C)c1ccc(OCc2nnc(SCc3cc(=O)oc4ccc5ccccc5c34)n2N)cc1. The molecule has 0 unspecified atom stereocenters. The van der Waals surface area contributed by atoms with Crippen molar-refractivity contribution in [3.05, 3.63) is 94.1 Å². The molecule has 0 fully saturated rings. The van der Waals surface area contributed by atoms with Gasteiger partial charge in [-0.05, 0) is 46.0 Å². The van der Waals surface area contributed by atoms with Crippen LogP contribution in [0.3, 0.4) is 0 Å². The number of nitrogens with zero attached hydrogens (tertiary/aromatic N) is 3. The van der Waals surface area contributed by atoms with Crippen LogP contribution in [0.25, 0.3) is 21.7 Å². The quantitative estimate of drug-likeness (QED) is 0.150. The van der Waals surface area contributed by atoms with Crippen molar-refractivity contribution in [2.75, 3.05) is 5.84 Å². The summed E-state index contributed by atoms with van der Waals surface area (Å²) < 4.78 is 12.7. The third kappa shape index (κ3) is 4.36. The average Bonchev–Trinajstić information content (AvgIpc) is 3.20. The highest BCUT2D eigenvalue weighted by Crippen LogP contribution is 2.31. The van der Waals surface area contributed by atoms with Gasteiger partial charge < -0.3 is 15.0 Å². The maximum Gasteiger partial charge on any atom is 0.336 e. The summed E-state index contributed by atoms with van der Waals surface area (Å²) in [5, 5.41) is 12.0. The highest BCUT2D eigenvalue weighted by atomic mass is 32.2. The van der Waals surface area contributed by atoms with Crippen molar-refractivity contribution >= 4 is 33.5 Å². The van der Waals surface area contributed by atoms with Crippen LogP contribution in [0.2, 0.25) is 0 Å². The van der Waals surface area contributed by atoms with E-state index >= 15 is 0 Å². The molecule has 0 aliphatic heterocycles. The topological polar surface area (TPSA) is 96.2 Å². The Morgan fingerprint density at radius 3 is 2.65 bits per heavy atom. The Morgan fingerprint density at radius 2 is 1.85 bits per heavy atom. The second kappa shape index (κ2) is 9.23. The van der Waals surface area contributed by atoms with Gasteiger partial charge in [-0.1, -0.05) is 68.1 Å². The van der Waals surface area contributed by atoms with Crippen LogP contribution in [-0.2, 0) is 12.4 Å². The highest BCUT2D eigenvalue weighted by Gasteiger charge is 2.14. The summed E-state index contributed by atoms with van der Waals surface area (Å²) in [6, 6.07) is 21.3. The van der Waals surface area contributed by atoms with Crippen LogP contribution >= 0.6 is 11.8 Å². The maximum atomic E-state index is 12.2. The fourth-order valence-corrected chi connectivity index (χ4v) is 4.73. The van der Waals surface area contributed by atoms with Crippen LogP contribution < -0.4 is 16.2 Å². The van der Waals surface area contributed by atoms with Gasteiger partial charge in [-0.25, -0.2) is 9.47 Å². The fourth-order valence-electron chi connectivity index (χ4n) is 3.88. The minimum atomic E-state index is -0.384. The van der Waals surface area contributed by atoms with Gasteiger partial charge in [0.2, 0.25) is 5.16 Å². The molecule has 0 spiro atoms. The van der Waals surface area contributed by atoms with Crippen molar-refractivity contribution in [3.8, 4) is 5.75 Å². The number of hydrogen-bond donors (Lipinski definition) is 1. The van der Waals surface area contributed by atoms with Crippen molar-refractivity contribution in [3.63, 3.8) is 0 Å². The summed E-state index contributed by atoms with van der Waals surface area (Å²) >= 11 is 1.41. The molecule has 0 bridgehead atoms. The summed E-state index contributed by atoms with van der Waals surface area (Å²) in [4.78, 5) is 12.2. The first-order valence-electron chi connectivity index (χ1n) is 11.0. The Bertz CT molecular complexity index is 1520. The zero-order valence-corrected chi connectivity index (χ0v) is 19.7. The van der Waals surface area contributed by atoms with Crippen LogP contribution in [0.15, 0.2) is 81.1 Å². The van der Waals surface area contributed by atoms with Gasteiger partial charge in [-0.2, -0.15) is 0 Å². The maximum absolute atomic E-state index is 12.2. The second-order valence-electron chi connectivity index (χ2n) is 8.32. The third-order valence-corrected chi connectivity index (χ3v) is 6.71. The molecule has 8 heteroatoms. The molecule has 172 valence electrons. The predicted octanol–water partition coefficient (Wildman–Crippen LogP) is 5.25.